The summed E-state index contributed by atoms with van der Waals surface area (Å²) < 4.78 is 0.856. The number of nitrogens with one attached hydrogen (secondary N) is 2. The molecular formula is C13H13BrN4O. The van der Waals surface area contributed by atoms with Crippen LogP contribution >= 0.6 is 15.9 Å². The molecular weight excluding hydrogens is 308 g/mol. The minimum absolute atomic E-state index is 0.141. The zero-order valence-corrected chi connectivity index (χ0v) is 11.8. The number of H-pyrrole nitrogens is 1. The first-order valence-electron chi connectivity index (χ1n) is 6.15. The zero-order chi connectivity index (χ0) is 13.2. The highest BCUT2D eigenvalue weighted by Gasteiger charge is 2.20. The predicted molar refractivity (Wildman–Crippen MR) is 75.7 cm³/mol. The molecule has 0 amide bonds. The standard InChI is InChI=1S/C13H13BrN4O/c14-9-3-8(5-15-6-9)13-17-11(4-12(19)18-13)7-16-10-1-2-10/h3-6,10,16H,1-2,7H2,(H,17,18,19). The highest BCUT2D eigenvalue weighted by atomic mass is 79.9. The molecule has 0 saturated heterocycles. The van der Waals surface area contributed by atoms with Crippen LogP contribution in [0.3, 0.4) is 0 Å². The second-order valence-corrected chi connectivity index (χ2v) is 5.55. The fourth-order valence-electron chi connectivity index (χ4n) is 1.81. The van der Waals surface area contributed by atoms with Crippen molar-refractivity contribution in [3.63, 3.8) is 0 Å². The molecule has 1 aliphatic rings. The van der Waals surface area contributed by atoms with Crippen LogP contribution in [0.5, 0.6) is 0 Å². The largest absolute Gasteiger partial charge is 0.308 e. The third-order valence-corrected chi connectivity index (χ3v) is 3.36. The molecule has 1 fully saturated rings. The van der Waals surface area contributed by atoms with Crippen LogP contribution in [0.1, 0.15) is 18.5 Å². The molecule has 0 unspecified atom stereocenters. The van der Waals surface area contributed by atoms with E-state index < -0.39 is 0 Å². The van der Waals surface area contributed by atoms with E-state index in [4.69, 9.17) is 0 Å². The maximum absolute atomic E-state index is 11.7. The molecule has 0 bridgehead atoms. The Kier molecular flexibility index (Phi) is 3.44. The van der Waals surface area contributed by atoms with Crippen LogP contribution in [0.15, 0.2) is 33.8 Å². The summed E-state index contributed by atoms with van der Waals surface area (Å²) >= 11 is 3.36. The first-order valence-corrected chi connectivity index (χ1v) is 6.94. The summed E-state index contributed by atoms with van der Waals surface area (Å²) in [5.74, 6) is 0.550. The Labute approximate surface area is 118 Å². The maximum atomic E-state index is 11.7. The zero-order valence-electron chi connectivity index (χ0n) is 10.2. The van der Waals surface area contributed by atoms with Crippen molar-refractivity contribution in [3.8, 4) is 11.4 Å². The minimum atomic E-state index is -0.141. The van der Waals surface area contributed by atoms with Gasteiger partial charge in [-0.15, -0.1) is 0 Å². The molecule has 6 heteroatoms. The molecule has 0 aromatic carbocycles. The highest BCUT2D eigenvalue weighted by Crippen LogP contribution is 2.20. The molecule has 98 valence electrons. The summed E-state index contributed by atoms with van der Waals surface area (Å²) in [6.07, 6.45) is 5.80. The van der Waals surface area contributed by atoms with Crippen LogP contribution in [0, 0.1) is 0 Å². The van der Waals surface area contributed by atoms with Gasteiger partial charge in [0.2, 0.25) is 0 Å². The van der Waals surface area contributed by atoms with Crippen molar-refractivity contribution in [2.24, 2.45) is 0 Å². The van der Waals surface area contributed by atoms with Gasteiger partial charge in [0.05, 0.1) is 5.69 Å². The first-order chi connectivity index (χ1) is 9.20. The monoisotopic (exact) mass is 320 g/mol. The van der Waals surface area contributed by atoms with E-state index in [0.29, 0.717) is 18.4 Å². The molecule has 0 atom stereocenters. The Bertz CT molecular complexity index is 651. The molecule has 2 heterocycles. The van der Waals surface area contributed by atoms with Crippen LogP contribution < -0.4 is 10.9 Å². The maximum Gasteiger partial charge on any atom is 0.251 e. The molecule has 19 heavy (non-hydrogen) atoms. The van der Waals surface area contributed by atoms with Gasteiger partial charge in [-0.25, -0.2) is 4.98 Å². The lowest BCUT2D eigenvalue weighted by atomic mass is 10.2. The topological polar surface area (TPSA) is 70.7 Å². The van der Waals surface area contributed by atoms with Crippen LogP contribution in [0.2, 0.25) is 0 Å². The fourth-order valence-corrected chi connectivity index (χ4v) is 2.18. The SMILES string of the molecule is O=c1cc(CNC2CC2)nc(-c2cncc(Br)c2)[nH]1. The molecule has 0 spiro atoms. The summed E-state index contributed by atoms with van der Waals surface area (Å²) in [4.78, 5) is 23.0. The summed E-state index contributed by atoms with van der Waals surface area (Å²) in [6, 6.07) is 4.00. The third-order valence-electron chi connectivity index (χ3n) is 2.92. The van der Waals surface area contributed by atoms with Gasteiger partial charge in [0.15, 0.2) is 0 Å². The van der Waals surface area contributed by atoms with Gasteiger partial charge >= 0.3 is 0 Å². The van der Waals surface area contributed by atoms with Crippen molar-refractivity contribution in [1.82, 2.24) is 20.3 Å². The lowest BCUT2D eigenvalue weighted by Gasteiger charge is -2.05. The lowest BCUT2D eigenvalue weighted by Crippen LogP contribution is -2.19. The number of pyridine rings is 1. The van der Waals surface area contributed by atoms with Gasteiger partial charge in [0, 0.05) is 41.1 Å². The number of hydrogen-bond donors (Lipinski definition) is 2. The smallest absolute Gasteiger partial charge is 0.251 e. The average Bonchev–Trinajstić information content (AvgIpc) is 3.20. The lowest BCUT2D eigenvalue weighted by molar-refractivity contribution is 0.672. The third kappa shape index (κ3) is 3.27. The van der Waals surface area contributed by atoms with E-state index in [1.165, 1.54) is 18.9 Å². The van der Waals surface area contributed by atoms with Crippen molar-refractivity contribution in [3.05, 3.63) is 45.0 Å². The Hall–Kier alpha value is -1.53. The van der Waals surface area contributed by atoms with Crippen molar-refractivity contribution in [2.45, 2.75) is 25.4 Å². The van der Waals surface area contributed by atoms with Gasteiger partial charge in [-0.05, 0) is 34.8 Å². The van der Waals surface area contributed by atoms with Crippen molar-refractivity contribution < 1.29 is 0 Å². The molecule has 2 aromatic rings. The second kappa shape index (κ2) is 5.22. The molecule has 2 aromatic heterocycles. The highest BCUT2D eigenvalue weighted by molar-refractivity contribution is 9.10. The van der Waals surface area contributed by atoms with Gasteiger partial charge < -0.3 is 10.3 Å². The van der Waals surface area contributed by atoms with E-state index in [1.807, 2.05) is 6.07 Å². The number of aromatic amines is 1. The summed E-state index contributed by atoms with van der Waals surface area (Å²) in [7, 11) is 0. The number of hydrogen-bond acceptors (Lipinski definition) is 4. The number of rotatable bonds is 4. The van der Waals surface area contributed by atoms with Crippen LogP contribution in [0.4, 0.5) is 0 Å². The van der Waals surface area contributed by atoms with E-state index in [1.54, 1.807) is 12.4 Å². The Morgan fingerprint density at radius 3 is 2.95 bits per heavy atom. The normalized spacial score (nSPS) is 14.6. The average molecular weight is 321 g/mol. The molecule has 1 saturated carbocycles. The van der Waals surface area contributed by atoms with E-state index in [9.17, 15) is 4.79 Å². The number of halogens is 1. The first kappa shape index (κ1) is 12.5. The van der Waals surface area contributed by atoms with Crippen LogP contribution in [0.25, 0.3) is 11.4 Å². The summed E-state index contributed by atoms with van der Waals surface area (Å²) in [5, 5.41) is 3.35. The quantitative estimate of drug-likeness (QED) is 0.901. The van der Waals surface area contributed by atoms with E-state index in [2.05, 4.69) is 36.2 Å². The van der Waals surface area contributed by atoms with Gasteiger partial charge in [0.25, 0.3) is 5.56 Å². The Morgan fingerprint density at radius 1 is 1.37 bits per heavy atom. The van der Waals surface area contributed by atoms with Gasteiger partial charge in [-0.2, -0.15) is 0 Å². The Balaban J connectivity index is 1.89. The molecule has 1 aliphatic carbocycles. The fraction of sp³-hybridized carbons (Fsp3) is 0.308. The summed E-state index contributed by atoms with van der Waals surface area (Å²) in [6.45, 7) is 0.628. The molecule has 0 aliphatic heterocycles. The van der Waals surface area contributed by atoms with Gasteiger partial charge in [-0.3, -0.25) is 9.78 Å². The number of aromatic nitrogens is 3. The Morgan fingerprint density at radius 2 is 2.21 bits per heavy atom. The van der Waals surface area contributed by atoms with Crippen molar-refractivity contribution in [1.29, 1.82) is 0 Å². The van der Waals surface area contributed by atoms with Crippen molar-refractivity contribution >= 4 is 15.9 Å². The van der Waals surface area contributed by atoms with Crippen LogP contribution in [-0.2, 0) is 6.54 Å². The van der Waals surface area contributed by atoms with Crippen molar-refractivity contribution in [2.75, 3.05) is 0 Å². The predicted octanol–water partition coefficient (Wildman–Crippen LogP) is 1.85. The number of nitrogens with zero attached hydrogens (tertiary/aromatic N) is 2. The van der Waals surface area contributed by atoms with Crippen LogP contribution in [-0.4, -0.2) is 21.0 Å². The van der Waals surface area contributed by atoms with Gasteiger partial charge in [0.1, 0.15) is 5.82 Å². The summed E-state index contributed by atoms with van der Waals surface area (Å²) in [5.41, 5.74) is 1.41. The van der Waals surface area contributed by atoms with E-state index >= 15 is 0 Å². The van der Waals surface area contributed by atoms with Gasteiger partial charge in [-0.1, -0.05) is 0 Å². The molecule has 5 nitrogen and oxygen atoms in total. The molecule has 3 rings (SSSR count). The van der Waals surface area contributed by atoms with E-state index in [0.717, 1.165) is 15.7 Å². The second-order valence-electron chi connectivity index (χ2n) is 4.63. The molecule has 2 N–H and O–H groups in total. The van der Waals surface area contributed by atoms with E-state index in [-0.39, 0.29) is 5.56 Å². The molecule has 0 radical (unpaired) electrons. The minimum Gasteiger partial charge on any atom is -0.308 e.